The molecule has 1 heterocycles. The lowest BCUT2D eigenvalue weighted by Gasteiger charge is -2.05. The maximum absolute atomic E-state index is 5.63. The fourth-order valence-electron chi connectivity index (χ4n) is 1.46. The molecule has 17 heavy (non-hydrogen) atoms. The molecule has 1 aromatic carbocycles. The summed E-state index contributed by atoms with van der Waals surface area (Å²) < 4.78 is 8.23. The molecule has 0 atom stereocenters. The summed E-state index contributed by atoms with van der Waals surface area (Å²) in [6, 6.07) is 9.78. The number of halogens is 1. The molecular weight excluding hydrogens is 282 g/mol. The second-order valence-electron chi connectivity index (χ2n) is 3.64. The number of nitrogen functional groups attached to an aromatic ring is 1. The predicted octanol–water partition coefficient (Wildman–Crippen LogP) is 2.70. The Morgan fingerprint density at radius 3 is 2.71 bits per heavy atom. The van der Waals surface area contributed by atoms with Crippen LogP contribution in [-0.4, -0.2) is 16.4 Å². The van der Waals surface area contributed by atoms with Gasteiger partial charge in [0, 0.05) is 19.2 Å². The van der Waals surface area contributed by atoms with E-state index >= 15 is 0 Å². The average Bonchev–Trinajstić information content (AvgIpc) is 2.66. The van der Waals surface area contributed by atoms with Crippen molar-refractivity contribution in [2.75, 3.05) is 12.3 Å². The van der Waals surface area contributed by atoms with Crippen molar-refractivity contribution in [2.24, 2.45) is 0 Å². The van der Waals surface area contributed by atoms with Gasteiger partial charge in [-0.15, -0.1) is 0 Å². The van der Waals surface area contributed by atoms with Crippen LogP contribution >= 0.6 is 15.9 Å². The van der Waals surface area contributed by atoms with E-state index in [2.05, 4.69) is 21.0 Å². The number of para-hydroxylation sites is 1. The van der Waals surface area contributed by atoms with Crippen LogP contribution in [0.5, 0.6) is 5.75 Å². The van der Waals surface area contributed by atoms with Gasteiger partial charge in [0.05, 0.1) is 11.1 Å². The standard InChI is InChI=1S/C12H14BrN3O/c13-11-9-16(15-12(11)14)7-4-8-17-10-5-2-1-3-6-10/h1-3,5-6,9H,4,7-8H2,(H2,14,15). The SMILES string of the molecule is Nc1nn(CCCOc2ccccc2)cc1Br. The highest BCUT2D eigenvalue weighted by Crippen LogP contribution is 2.16. The van der Waals surface area contributed by atoms with Gasteiger partial charge in [-0.3, -0.25) is 4.68 Å². The molecular formula is C12H14BrN3O. The van der Waals surface area contributed by atoms with Crippen molar-refractivity contribution in [1.29, 1.82) is 0 Å². The summed E-state index contributed by atoms with van der Waals surface area (Å²) in [6.07, 6.45) is 2.76. The lowest BCUT2D eigenvalue weighted by molar-refractivity contribution is 0.298. The third-order valence-corrected chi connectivity index (χ3v) is 2.90. The second-order valence-corrected chi connectivity index (χ2v) is 4.49. The molecule has 4 nitrogen and oxygen atoms in total. The number of hydrogen-bond donors (Lipinski definition) is 1. The Morgan fingerprint density at radius 1 is 1.29 bits per heavy atom. The maximum atomic E-state index is 5.63. The van der Waals surface area contributed by atoms with Gasteiger partial charge in [-0.05, 0) is 28.1 Å². The summed E-state index contributed by atoms with van der Waals surface area (Å²) in [5.74, 6) is 1.42. The summed E-state index contributed by atoms with van der Waals surface area (Å²) in [7, 11) is 0. The lowest BCUT2D eigenvalue weighted by Crippen LogP contribution is -2.05. The molecule has 2 aromatic rings. The van der Waals surface area contributed by atoms with E-state index in [-0.39, 0.29) is 0 Å². The zero-order valence-electron chi connectivity index (χ0n) is 9.34. The van der Waals surface area contributed by atoms with E-state index < -0.39 is 0 Å². The Hall–Kier alpha value is -1.49. The van der Waals surface area contributed by atoms with Crippen molar-refractivity contribution >= 4 is 21.7 Å². The van der Waals surface area contributed by atoms with Crippen molar-refractivity contribution in [2.45, 2.75) is 13.0 Å². The predicted molar refractivity (Wildman–Crippen MR) is 70.9 cm³/mol. The molecule has 2 rings (SSSR count). The molecule has 0 saturated heterocycles. The van der Waals surface area contributed by atoms with Gasteiger partial charge in [0.25, 0.3) is 0 Å². The molecule has 0 aliphatic heterocycles. The van der Waals surface area contributed by atoms with E-state index in [0.29, 0.717) is 12.4 Å². The lowest BCUT2D eigenvalue weighted by atomic mass is 10.3. The third kappa shape index (κ3) is 3.49. The highest BCUT2D eigenvalue weighted by atomic mass is 79.9. The molecule has 0 aliphatic carbocycles. The Balaban J connectivity index is 1.73. The number of nitrogens with zero attached hydrogens (tertiary/aromatic N) is 2. The van der Waals surface area contributed by atoms with Crippen LogP contribution in [0.25, 0.3) is 0 Å². The summed E-state index contributed by atoms with van der Waals surface area (Å²) in [4.78, 5) is 0. The van der Waals surface area contributed by atoms with Crippen LogP contribution in [0.15, 0.2) is 41.0 Å². The normalized spacial score (nSPS) is 10.4. The van der Waals surface area contributed by atoms with Crippen LogP contribution in [0.2, 0.25) is 0 Å². The average molecular weight is 296 g/mol. The quantitative estimate of drug-likeness (QED) is 0.863. The molecule has 90 valence electrons. The van der Waals surface area contributed by atoms with Crippen molar-refractivity contribution < 1.29 is 4.74 Å². The molecule has 0 amide bonds. The number of aromatic nitrogens is 2. The molecule has 0 unspecified atom stereocenters. The molecule has 0 radical (unpaired) electrons. The molecule has 0 spiro atoms. The molecule has 1 aromatic heterocycles. The number of anilines is 1. The van der Waals surface area contributed by atoms with Crippen LogP contribution in [-0.2, 0) is 6.54 Å². The molecule has 0 saturated carbocycles. The van der Waals surface area contributed by atoms with E-state index in [1.165, 1.54) is 0 Å². The van der Waals surface area contributed by atoms with Crippen molar-refractivity contribution in [1.82, 2.24) is 9.78 Å². The Kier molecular flexibility index (Phi) is 4.03. The van der Waals surface area contributed by atoms with Crippen molar-refractivity contribution in [3.05, 3.63) is 41.0 Å². The highest BCUT2D eigenvalue weighted by Gasteiger charge is 2.01. The summed E-state index contributed by atoms with van der Waals surface area (Å²) >= 11 is 3.32. The first-order chi connectivity index (χ1) is 8.25. The van der Waals surface area contributed by atoms with Crippen molar-refractivity contribution in [3.8, 4) is 5.75 Å². The summed E-state index contributed by atoms with van der Waals surface area (Å²) in [5.41, 5.74) is 5.63. The largest absolute Gasteiger partial charge is 0.494 e. The van der Waals surface area contributed by atoms with E-state index in [1.807, 2.05) is 41.2 Å². The van der Waals surface area contributed by atoms with E-state index in [0.717, 1.165) is 23.2 Å². The van der Waals surface area contributed by atoms with Gasteiger partial charge < -0.3 is 10.5 Å². The number of rotatable bonds is 5. The third-order valence-electron chi connectivity index (χ3n) is 2.29. The van der Waals surface area contributed by atoms with Gasteiger partial charge in [-0.2, -0.15) is 5.10 Å². The minimum atomic E-state index is 0.522. The first-order valence-electron chi connectivity index (χ1n) is 5.42. The topological polar surface area (TPSA) is 53.1 Å². The van der Waals surface area contributed by atoms with Crippen LogP contribution in [0.4, 0.5) is 5.82 Å². The first-order valence-corrected chi connectivity index (χ1v) is 6.21. The van der Waals surface area contributed by atoms with Crippen LogP contribution in [0.1, 0.15) is 6.42 Å². The number of benzene rings is 1. The second kappa shape index (κ2) is 5.72. The summed E-state index contributed by atoms with van der Waals surface area (Å²) in [6.45, 7) is 1.46. The number of nitrogens with two attached hydrogens (primary N) is 1. The van der Waals surface area contributed by atoms with Gasteiger partial charge >= 0.3 is 0 Å². The molecule has 5 heteroatoms. The minimum absolute atomic E-state index is 0.522. The van der Waals surface area contributed by atoms with Gasteiger partial charge in [0.15, 0.2) is 5.82 Å². The maximum Gasteiger partial charge on any atom is 0.159 e. The zero-order chi connectivity index (χ0) is 12.1. The Labute approximate surface area is 109 Å². The van der Waals surface area contributed by atoms with E-state index in [1.54, 1.807) is 0 Å². The Morgan fingerprint density at radius 2 is 2.06 bits per heavy atom. The fourth-order valence-corrected chi connectivity index (χ4v) is 1.78. The van der Waals surface area contributed by atoms with E-state index in [9.17, 15) is 0 Å². The molecule has 0 fully saturated rings. The monoisotopic (exact) mass is 295 g/mol. The highest BCUT2D eigenvalue weighted by molar-refractivity contribution is 9.10. The minimum Gasteiger partial charge on any atom is -0.494 e. The number of hydrogen-bond acceptors (Lipinski definition) is 3. The molecule has 0 bridgehead atoms. The smallest absolute Gasteiger partial charge is 0.159 e. The molecule has 0 aliphatic rings. The van der Waals surface area contributed by atoms with Crippen LogP contribution in [0, 0.1) is 0 Å². The van der Waals surface area contributed by atoms with Gasteiger partial charge in [0.1, 0.15) is 5.75 Å². The zero-order valence-corrected chi connectivity index (χ0v) is 10.9. The van der Waals surface area contributed by atoms with Crippen molar-refractivity contribution in [3.63, 3.8) is 0 Å². The first kappa shape index (κ1) is 12.0. The van der Waals surface area contributed by atoms with Gasteiger partial charge in [-0.1, -0.05) is 18.2 Å². The fraction of sp³-hybridized carbons (Fsp3) is 0.250. The van der Waals surface area contributed by atoms with Gasteiger partial charge in [0.2, 0.25) is 0 Å². The summed E-state index contributed by atoms with van der Waals surface area (Å²) in [5, 5.41) is 4.15. The van der Waals surface area contributed by atoms with Gasteiger partial charge in [-0.25, -0.2) is 0 Å². The molecule has 2 N–H and O–H groups in total. The number of aryl methyl sites for hydroxylation is 1. The Bertz CT molecular complexity index is 450. The van der Waals surface area contributed by atoms with E-state index in [4.69, 9.17) is 10.5 Å². The van der Waals surface area contributed by atoms with Crippen LogP contribution in [0.3, 0.4) is 0 Å². The van der Waals surface area contributed by atoms with Crippen LogP contribution < -0.4 is 10.5 Å². The number of ether oxygens (including phenoxy) is 1.